The van der Waals surface area contributed by atoms with E-state index in [1.807, 2.05) is 0 Å². The van der Waals surface area contributed by atoms with Crippen molar-refractivity contribution in [2.75, 3.05) is 0 Å². The van der Waals surface area contributed by atoms with Gasteiger partial charge in [0, 0.05) is 37.1 Å². The lowest BCUT2D eigenvalue weighted by molar-refractivity contribution is -0.697. The highest BCUT2D eigenvalue weighted by Crippen LogP contribution is 2.17. The summed E-state index contributed by atoms with van der Waals surface area (Å²) in [6.45, 7) is 6.90. The van der Waals surface area contributed by atoms with E-state index >= 15 is 0 Å². The Morgan fingerprint density at radius 3 is 0.688 bits per heavy atom. The quantitative estimate of drug-likeness (QED) is 0.0518. The molecule has 0 radical (unpaired) electrons. The summed E-state index contributed by atoms with van der Waals surface area (Å²) in [6, 6.07) is 9.16. The van der Waals surface area contributed by atoms with Gasteiger partial charge in [0.2, 0.25) is 0 Å². The second-order valence-corrected chi connectivity index (χ2v) is 14.5. The van der Waals surface area contributed by atoms with Crippen LogP contribution in [0.3, 0.4) is 0 Å². The molecular weight excluding hydrogens is 716 g/mol. The molecule has 0 bridgehead atoms. The molecule has 4 heteroatoms. The summed E-state index contributed by atoms with van der Waals surface area (Å²) in [4.78, 5) is 0. The van der Waals surface area contributed by atoms with Crippen molar-refractivity contribution in [2.24, 2.45) is 0 Å². The highest BCUT2D eigenvalue weighted by atomic mass is 79.9. The second-order valence-electron chi connectivity index (χ2n) is 14.5. The fraction of sp³-hybridized carbons (Fsp3) is 0.773. The molecule has 0 aromatic carbocycles. The Kier molecular flexibility index (Phi) is 35.5. The number of hydrogen-bond donors (Lipinski definition) is 0. The predicted octanol–water partition coefficient (Wildman–Crippen LogP) is 7.68. The van der Waals surface area contributed by atoms with Gasteiger partial charge in [0.25, 0.3) is 0 Å². The average molecular weight is 795 g/mol. The van der Waals surface area contributed by atoms with Gasteiger partial charge in [-0.2, -0.15) is 0 Å². The highest BCUT2D eigenvalue weighted by Gasteiger charge is 2.06. The summed E-state index contributed by atoms with van der Waals surface area (Å²) >= 11 is 0. The number of unbranched alkanes of at least 4 members (excludes halogenated alkanes) is 28. The van der Waals surface area contributed by atoms with Crippen LogP contribution in [0.5, 0.6) is 0 Å². The molecule has 0 atom stereocenters. The van der Waals surface area contributed by atoms with Crippen LogP contribution >= 0.6 is 0 Å². The van der Waals surface area contributed by atoms with E-state index < -0.39 is 0 Å². The molecule has 2 heterocycles. The molecule has 0 spiro atoms. The van der Waals surface area contributed by atoms with Gasteiger partial charge in [-0.3, -0.25) is 0 Å². The van der Waals surface area contributed by atoms with Crippen LogP contribution in [0.1, 0.15) is 206 Å². The van der Waals surface area contributed by atoms with E-state index in [1.54, 1.807) is 0 Å². The van der Waals surface area contributed by atoms with E-state index in [1.165, 1.54) is 204 Å². The molecular formula is C44H78Br2N2. The fourth-order valence-corrected chi connectivity index (χ4v) is 6.93. The number of rotatable bonds is 33. The van der Waals surface area contributed by atoms with Crippen molar-refractivity contribution in [2.45, 2.75) is 220 Å². The van der Waals surface area contributed by atoms with Crippen LogP contribution in [0, 0.1) is 0 Å². The number of aryl methyl sites for hydroxylation is 2. The van der Waals surface area contributed by atoms with Gasteiger partial charge < -0.3 is 34.0 Å². The van der Waals surface area contributed by atoms with Crippen LogP contribution in [-0.2, 0) is 13.1 Å². The fourth-order valence-electron chi connectivity index (χ4n) is 6.93. The molecule has 2 rings (SSSR count). The van der Waals surface area contributed by atoms with Gasteiger partial charge in [0.05, 0.1) is 0 Å². The van der Waals surface area contributed by atoms with Crippen molar-refractivity contribution in [3.63, 3.8) is 0 Å². The summed E-state index contributed by atoms with van der Waals surface area (Å²) in [7, 11) is 0. The van der Waals surface area contributed by atoms with Crippen molar-refractivity contribution in [1.82, 2.24) is 0 Å². The number of hydrogen-bond acceptors (Lipinski definition) is 0. The third kappa shape index (κ3) is 27.0. The molecule has 0 N–H and O–H groups in total. The summed E-state index contributed by atoms with van der Waals surface area (Å²) < 4.78 is 4.73. The van der Waals surface area contributed by atoms with E-state index in [0.29, 0.717) is 0 Å². The van der Waals surface area contributed by atoms with Crippen LogP contribution in [-0.4, -0.2) is 0 Å². The third-order valence-corrected chi connectivity index (χ3v) is 10.2. The molecule has 2 nitrogen and oxygen atoms in total. The van der Waals surface area contributed by atoms with Crippen molar-refractivity contribution in [1.29, 1.82) is 0 Å². The minimum Gasteiger partial charge on any atom is -1.00 e. The molecule has 2 aromatic rings. The molecule has 0 aliphatic rings. The van der Waals surface area contributed by atoms with E-state index in [0.717, 1.165) is 13.1 Å². The first-order chi connectivity index (χ1) is 22.8. The first-order valence-corrected chi connectivity index (χ1v) is 20.8. The molecule has 0 saturated heterocycles. The zero-order valence-electron chi connectivity index (χ0n) is 31.9. The van der Waals surface area contributed by atoms with Crippen LogP contribution < -0.4 is 43.1 Å². The maximum atomic E-state index is 2.37. The SMILES string of the molecule is CCCCCCCCCCCCCCCCC[n+]1ccc(-c2cc[n+](CCCCCCCCCCCCCCCCC)cc2)cc1.[Br-].[Br-]. The molecule has 2 aromatic heterocycles. The number of halogens is 2. The maximum absolute atomic E-state index is 2.37. The Bertz CT molecular complexity index is 824. The Labute approximate surface area is 321 Å². The summed E-state index contributed by atoms with van der Waals surface area (Å²) in [5, 5.41) is 0. The molecule has 0 aliphatic carbocycles. The van der Waals surface area contributed by atoms with E-state index in [2.05, 4.69) is 72.0 Å². The van der Waals surface area contributed by atoms with Crippen molar-refractivity contribution in [3.8, 4) is 11.1 Å². The first kappa shape index (κ1) is 47.3. The van der Waals surface area contributed by atoms with Crippen LogP contribution in [0.15, 0.2) is 49.1 Å². The maximum Gasteiger partial charge on any atom is 0.169 e. The number of pyridine rings is 2. The molecule has 48 heavy (non-hydrogen) atoms. The molecule has 0 aliphatic heterocycles. The van der Waals surface area contributed by atoms with Gasteiger partial charge in [-0.25, -0.2) is 9.13 Å². The van der Waals surface area contributed by atoms with Gasteiger partial charge in [-0.1, -0.05) is 181 Å². The Balaban J connectivity index is 0.0000110. The monoisotopic (exact) mass is 792 g/mol. The number of nitrogens with zero attached hydrogens (tertiary/aromatic N) is 2. The molecule has 0 amide bonds. The van der Waals surface area contributed by atoms with E-state index in [-0.39, 0.29) is 34.0 Å². The van der Waals surface area contributed by atoms with Gasteiger partial charge in [0.1, 0.15) is 13.1 Å². The standard InChI is InChI=1S/C44H78N2.2BrH/c1-3-5-7-9-11-13-15-17-19-21-23-25-27-29-31-37-45-39-33-43(34-40-45)44-35-41-46(42-36-44)38-32-30-28-26-24-22-20-18-16-14-12-10-8-6-4-2;;/h33-36,39-42H,3-32,37-38H2,1-2H3;2*1H/q+2;;/p-2. The van der Waals surface area contributed by atoms with E-state index in [9.17, 15) is 0 Å². The van der Waals surface area contributed by atoms with Crippen LogP contribution in [0.4, 0.5) is 0 Å². The Hall–Kier alpha value is -0.740. The number of aromatic nitrogens is 2. The molecule has 0 saturated carbocycles. The van der Waals surface area contributed by atoms with Crippen LogP contribution in [0.2, 0.25) is 0 Å². The summed E-state index contributed by atoms with van der Waals surface area (Å²) in [5.41, 5.74) is 2.65. The molecule has 278 valence electrons. The second kappa shape index (κ2) is 36.1. The topological polar surface area (TPSA) is 7.76 Å². The van der Waals surface area contributed by atoms with Gasteiger partial charge in [0.15, 0.2) is 24.8 Å². The van der Waals surface area contributed by atoms with Crippen LogP contribution in [0.25, 0.3) is 11.1 Å². The summed E-state index contributed by atoms with van der Waals surface area (Å²) in [6.07, 6.45) is 51.9. The predicted molar refractivity (Wildman–Crippen MR) is 202 cm³/mol. The highest BCUT2D eigenvalue weighted by molar-refractivity contribution is 5.60. The van der Waals surface area contributed by atoms with Crippen molar-refractivity contribution < 1.29 is 43.1 Å². The third-order valence-electron chi connectivity index (χ3n) is 10.2. The smallest absolute Gasteiger partial charge is 0.169 e. The van der Waals surface area contributed by atoms with Gasteiger partial charge in [-0.05, 0) is 24.0 Å². The minimum atomic E-state index is 0. The van der Waals surface area contributed by atoms with E-state index in [4.69, 9.17) is 0 Å². The Morgan fingerprint density at radius 1 is 0.292 bits per heavy atom. The zero-order chi connectivity index (χ0) is 32.6. The average Bonchev–Trinajstić information content (AvgIpc) is 3.09. The van der Waals surface area contributed by atoms with Crippen molar-refractivity contribution in [3.05, 3.63) is 49.1 Å². The molecule has 0 fully saturated rings. The minimum absolute atomic E-state index is 0. The zero-order valence-corrected chi connectivity index (χ0v) is 35.1. The lowest BCUT2D eigenvalue weighted by atomic mass is 10.0. The normalized spacial score (nSPS) is 11.0. The summed E-state index contributed by atoms with van der Waals surface area (Å²) in [5.74, 6) is 0. The van der Waals surface area contributed by atoms with Gasteiger partial charge in [-0.15, -0.1) is 0 Å². The van der Waals surface area contributed by atoms with Crippen molar-refractivity contribution >= 4 is 0 Å². The first-order valence-electron chi connectivity index (χ1n) is 20.8. The lowest BCUT2D eigenvalue weighted by Crippen LogP contribution is -3.00. The lowest BCUT2D eigenvalue weighted by Gasteiger charge is -2.04. The molecule has 0 unspecified atom stereocenters. The van der Waals surface area contributed by atoms with Gasteiger partial charge >= 0.3 is 0 Å². The Morgan fingerprint density at radius 2 is 0.479 bits per heavy atom. The largest absolute Gasteiger partial charge is 1.00 e.